The van der Waals surface area contributed by atoms with Gasteiger partial charge in [0.05, 0.1) is 11.9 Å². The van der Waals surface area contributed by atoms with Crippen LogP contribution in [0.25, 0.3) is 22.0 Å². The topological polar surface area (TPSA) is 63.2 Å². The second-order valence-electron chi connectivity index (χ2n) is 7.11. The van der Waals surface area contributed by atoms with Gasteiger partial charge in [-0.25, -0.2) is 4.39 Å². The average Bonchev–Trinajstić information content (AvgIpc) is 3.31. The molecule has 28 heavy (non-hydrogen) atoms. The van der Waals surface area contributed by atoms with Crippen LogP contribution in [0.2, 0.25) is 0 Å². The van der Waals surface area contributed by atoms with Gasteiger partial charge >= 0.3 is 0 Å². The van der Waals surface area contributed by atoms with Crippen molar-refractivity contribution in [3.8, 4) is 0 Å². The number of benzene rings is 2. The van der Waals surface area contributed by atoms with E-state index in [2.05, 4.69) is 25.2 Å². The number of nitrogens with zero attached hydrogens (tertiary/aromatic N) is 6. The third kappa shape index (κ3) is 3.31. The maximum atomic E-state index is 13.3. The van der Waals surface area contributed by atoms with Gasteiger partial charge in [0.1, 0.15) is 16.9 Å². The summed E-state index contributed by atoms with van der Waals surface area (Å²) in [6.07, 6.45) is 1.01. The lowest BCUT2D eigenvalue weighted by molar-refractivity contribution is 0.246. The van der Waals surface area contributed by atoms with Crippen molar-refractivity contribution in [2.75, 3.05) is 37.6 Å². The number of anilines is 1. The number of rotatable bonds is 5. The van der Waals surface area contributed by atoms with Crippen LogP contribution >= 0.6 is 0 Å². The van der Waals surface area contributed by atoms with E-state index in [9.17, 15) is 4.39 Å². The van der Waals surface area contributed by atoms with Crippen molar-refractivity contribution in [2.45, 2.75) is 13.0 Å². The molecule has 0 spiro atoms. The van der Waals surface area contributed by atoms with Crippen molar-refractivity contribution < 1.29 is 8.91 Å². The smallest absolute Gasteiger partial charge is 0.180 e. The normalized spacial score (nSPS) is 15.7. The molecule has 0 bridgehead atoms. The number of aromatic nitrogens is 4. The maximum absolute atomic E-state index is 13.3. The highest BCUT2D eigenvalue weighted by atomic mass is 19.1. The zero-order chi connectivity index (χ0) is 18.9. The summed E-state index contributed by atoms with van der Waals surface area (Å²) in [5.41, 5.74) is 2.38. The van der Waals surface area contributed by atoms with E-state index in [1.165, 1.54) is 12.1 Å². The zero-order valence-electron chi connectivity index (χ0n) is 15.5. The summed E-state index contributed by atoms with van der Waals surface area (Å²) in [6.45, 7) is 5.50. The third-order valence-corrected chi connectivity index (χ3v) is 5.25. The summed E-state index contributed by atoms with van der Waals surface area (Å²) in [4.78, 5) is 6.45. The molecule has 144 valence electrons. The first-order valence-corrected chi connectivity index (χ1v) is 9.58. The van der Waals surface area contributed by atoms with E-state index in [4.69, 9.17) is 4.52 Å². The summed E-state index contributed by atoms with van der Waals surface area (Å²) in [5, 5.41) is 14.0. The minimum atomic E-state index is -0.306. The van der Waals surface area contributed by atoms with Crippen LogP contribution < -0.4 is 4.90 Å². The Morgan fingerprint density at radius 3 is 2.43 bits per heavy atom. The molecule has 4 aromatic rings. The van der Waals surface area contributed by atoms with Crippen molar-refractivity contribution in [1.82, 2.24) is 25.1 Å². The predicted octanol–water partition coefficient (Wildman–Crippen LogP) is 2.92. The monoisotopic (exact) mass is 380 g/mol. The molecule has 1 fully saturated rings. The van der Waals surface area contributed by atoms with Crippen LogP contribution in [-0.2, 0) is 6.54 Å². The van der Waals surface area contributed by atoms with Gasteiger partial charge in [0.15, 0.2) is 11.4 Å². The van der Waals surface area contributed by atoms with Crippen LogP contribution in [0, 0.1) is 5.82 Å². The van der Waals surface area contributed by atoms with Gasteiger partial charge in [0.2, 0.25) is 0 Å². The number of fused-ring (bicyclic) bond motifs is 2. The van der Waals surface area contributed by atoms with Crippen molar-refractivity contribution >= 4 is 27.8 Å². The van der Waals surface area contributed by atoms with Gasteiger partial charge in [0.25, 0.3) is 0 Å². The Kier molecular flexibility index (Phi) is 4.40. The fourth-order valence-corrected chi connectivity index (χ4v) is 3.75. The van der Waals surface area contributed by atoms with Gasteiger partial charge in [-0.1, -0.05) is 17.3 Å². The first-order valence-electron chi connectivity index (χ1n) is 9.58. The summed E-state index contributed by atoms with van der Waals surface area (Å²) in [5.74, 6) is 0.502. The van der Waals surface area contributed by atoms with Crippen molar-refractivity contribution in [1.29, 1.82) is 0 Å². The number of piperazine rings is 1. The Bertz CT molecular complexity index is 1070. The largest absolute Gasteiger partial charge is 0.354 e. The van der Waals surface area contributed by atoms with Crippen molar-refractivity contribution in [3.63, 3.8) is 0 Å². The molecule has 0 unspecified atom stereocenters. The lowest BCUT2D eigenvalue weighted by Crippen LogP contribution is -2.47. The van der Waals surface area contributed by atoms with E-state index < -0.39 is 0 Å². The molecule has 1 aliphatic heterocycles. The average molecular weight is 380 g/mol. The van der Waals surface area contributed by atoms with Crippen LogP contribution in [0.1, 0.15) is 6.42 Å². The molecule has 2 aromatic carbocycles. The molecule has 0 amide bonds. The van der Waals surface area contributed by atoms with E-state index in [-0.39, 0.29) is 5.82 Å². The Balaban J connectivity index is 1.15. The van der Waals surface area contributed by atoms with Gasteiger partial charge in [-0.3, -0.25) is 4.90 Å². The van der Waals surface area contributed by atoms with E-state index in [0.29, 0.717) is 5.58 Å². The quantitative estimate of drug-likeness (QED) is 0.531. The Hall–Kier alpha value is -3.00. The molecule has 5 rings (SSSR count). The van der Waals surface area contributed by atoms with E-state index >= 15 is 0 Å². The highest BCUT2D eigenvalue weighted by Crippen LogP contribution is 2.27. The number of halogens is 1. The zero-order valence-corrected chi connectivity index (χ0v) is 15.5. The minimum absolute atomic E-state index is 0.306. The lowest BCUT2D eigenvalue weighted by atomic mass is 10.2. The van der Waals surface area contributed by atoms with Crippen molar-refractivity contribution in [3.05, 3.63) is 48.3 Å². The van der Waals surface area contributed by atoms with E-state index in [1.807, 2.05) is 24.3 Å². The second-order valence-corrected chi connectivity index (χ2v) is 7.11. The predicted molar refractivity (Wildman–Crippen MR) is 105 cm³/mol. The molecule has 3 heterocycles. The molecule has 2 aromatic heterocycles. The highest BCUT2D eigenvalue weighted by molar-refractivity contribution is 5.88. The third-order valence-electron chi connectivity index (χ3n) is 5.25. The summed E-state index contributed by atoms with van der Waals surface area (Å²) >= 11 is 0. The summed E-state index contributed by atoms with van der Waals surface area (Å²) in [6, 6.07) is 12.5. The minimum Gasteiger partial charge on any atom is -0.354 e. The molecule has 8 heteroatoms. The van der Waals surface area contributed by atoms with Crippen LogP contribution in [0.15, 0.2) is 47.0 Å². The molecule has 7 nitrogen and oxygen atoms in total. The van der Waals surface area contributed by atoms with Crippen LogP contribution in [-0.4, -0.2) is 57.8 Å². The standard InChI is InChI=1S/C20H21FN6O/c21-15-6-7-16-19(14-15)28-24-20(16)26-12-10-25(11-13-26)8-3-9-27-22-17-4-1-2-5-18(17)23-27/h1-2,4-7,14H,3,8-13H2. The van der Waals surface area contributed by atoms with Gasteiger partial charge in [-0.05, 0) is 30.7 Å². The molecule has 0 aliphatic carbocycles. The Labute approximate surface area is 161 Å². The first-order chi connectivity index (χ1) is 13.8. The highest BCUT2D eigenvalue weighted by Gasteiger charge is 2.21. The number of aryl methyl sites for hydroxylation is 1. The Morgan fingerprint density at radius 1 is 0.929 bits per heavy atom. The summed E-state index contributed by atoms with van der Waals surface area (Å²) < 4.78 is 18.6. The molecule has 1 saturated heterocycles. The lowest BCUT2D eigenvalue weighted by Gasteiger charge is -2.34. The number of hydrogen-bond donors (Lipinski definition) is 0. The SMILES string of the molecule is Fc1ccc2c(N3CCN(CCCn4nc5ccccc5n4)CC3)noc2c1. The van der Waals surface area contributed by atoms with Crippen LogP contribution in [0.5, 0.6) is 0 Å². The fraction of sp³-hybridized carbons (Fsp3) is 0.350. The van der Waals surface area contributed by atoms with E-state index in [1.54, 1.807) is 10.9 Å². The van der Waals surface area contributed by atoms with Gasteiger partial charge in [-0.15, -0.1) is 0 Å². The van der Waals surface area contributed by atoms with Crippen LogP contribution in [0.3, 0.4) is 0 Å². The molecular weight excluding hydrogens is 359 g/mol. The fourth-order valence-electron chi connectivity index (χ4n) is 3.75. The van der Waals surface area contributed by atoms with Gasteiger partial charge in [0, 0.05) is 38.8 Å². The second kappa shape index (κ2) is 7.20. The number of hydrogen-bond acceptors (Lipinski definition) is 6. The van der Waals surface area contributed by atoms with Crippen molar-refractivity contribution in [2.24, 2.45) is 0 Å². The molecule has 1 aliphatic rings. The molecule has 0 saturated carbocycles. The molecule has 0 atom stereocenters. The van der Waals surface area contributed by atoms with Crippen LogP contribution in [0.4, 0.5) is 10.2 Å². The van der Waals surface area contributed by atoms with Gasteiger partial charge in [-0.2, -0.15) is 15.0 Å². The van der Waals surface area contributed by atoms with Gasteiger partial charge < -0.3 is 9.42 Å². The first kappa shape index (κ1) is 17.1. The maximum Gasteiger partial charge on any atom is 0.180 e. The van der Waals surface area contributed by atoms with E-state index in [0.717, 1.165) is 67.9 Å². The molecular formula is C20H21FN6O. The molecule has 0 N–H and O–H groups in total. The molecule has 0 radical (unpaired) electrons. The Morgan fingerprint density at radius 2 is 1.68 bits per heavy atom. The summed E-state index contributed by atoms with van der Waals surface area (Å²) in [7, 11) is 0.